The average Bonchev–Trinajstić information content (AvgIpc) is 3.21. The molecule has 2 aliphatic heterocycles. The van der Waals surface area contributed by atoms with Crippen LogP contribution in [0.3, 0.4) is 0 Å². The van der Waals surface area contributed by atoms with E-state index >= 15 is 0 Å². The van der Waals surface area contributed by atoms with E-state index in [0.29, 0.717) is 38.9 Å². The van der Waals surface area contributed by atoms with Crippen LogP contribution in [0.15, 0.2) is 77.8 Å². The minimum atomic E-state index is -0.0231. The quantitative estimate of drug-likeness (QED) is 0.505. The summed E-state index contributed by atoms with van der Waals surface area (Å²) in [5.41, 5.74) is 3.03. The number of ether oxygens (including phenoxy) is 3. The van der Waals surface area contributed by atoms with Gasteiger partial charge in [-0.05, 0) is 35.9 Å². The Kier molecular flexibility index (Phi) is 6.10. The highest BCUT2D eigenvalue weighted by molar-refractivity contribution is 6.05. The molecule has 0 spiro atoms. The largest absolute Gasteiger partial charge is 0.493 e. The molecule has 5 rings (SSSR count). The number of hydrogen-bond donors (Lipinski definition) is 1. The van der Waals surface area contributed by atoms with E-state index in [-0.39, 0.29) is 5.91 Å². The van der Waals surface area contributed by atoms with E-state index in [1.54, 1.807) is 0 Å². The third-order valence-corrected chi connectivity index (χ3v) is 5.43. The summed E-state index contributed by atoms with van der Waals surface area (Å²) in [6, 6.07) is 23.6. The van der Waals surface area contributed by atoms with Crippen molar-refractivity contribution in [1.29, 1.82) is 0 Å². The molecule has 1 N–H and O–H groups in total. The lowest BCUT2D eigenvalue weighted by Crippen LogP contribution is -2.31. The number of nitrogens with one attached hydrogen (secondary N) is 1. The molecule has 0 aromatic heterocycles. The zero-order chi connectivity index (χ0) is 22.5. The van der Waals surface area contributed by atoms with Crippen molar-refractivity contribution in [1.82, 2.24) is 10.2 Å². The van der Waals surface area contributed by atoms with Crippen LogP contribution in [0.5, 0.6) is 17.2 Å². The lowest BCUT2D eigenvalue weighted by Gasteiger charge is -2.23. The van der Waals surface area contributed by atoms with Gasteiger partial charge in [-0.15, -0.1) is 0 Å². The van der Waals surface area contributed by atoms with Gasteiger partial charge >= 0.3 is 0 Å². The standard InChI is InChI=1S/C26H25N3O4/c30-25-17-29-16-20-15-21(11-12-22(20)27-26(29)28-25)31-13-6-14-32-23-9-4-5-10-24(23)33-18-19-7-2-1-3-8-19/h1-5,7-12,15H,6,13-14,16-18H2,(H,27,28,30). The number of para-hydroxylation sites is 2. The fraction of sp³-hybridized carbons (Fsp3) is 0.231. The lowest BCUT2D eigenvalue weighted by atomic mass is 10.1. The molecule has 168 valence electrons. The molecule has 1 fully saturated rings. The zero-order valence-corrected chi connectivity index (χ0v) is 18.2. The van der Waals surface area contributed by atoms with E-state index in [2.05, 4.69) is 10.3 Å². The fourth-order valence-electron chi connectivity index (χ4n) is 3.78. The minimum absolute atomic E-state index is 0.0231. The Balaban J connectivity index is 1.09. The van der Waals surface area contributed by atoms with Crippen LogP contribution >= 0.6 is 0 Å². The van der Waals surface area contributed by atoms with E-state index in [0.717, 1.165) is 40.5 Å². The van der Waals surface area contributed by atoms with E-state index < -0.39 is 0 Å². The van der Waals surface area contributed by atoms with Gasteiger partial charge in [-0.2, -0.15) is 0 Å². The lowest BCUT2D eigenvalue weighted by molar-refractivity contribution is -0.118. The highest BCUT2D eigenvalue weighted by atomic mass is 16.5. The van der Waals surface area contributed by atoms with Crippen molar-refractivity contribution in [2.75, 3.05) is 19.8 Å². The van der Waals surface area contributed by atoms with Crippen molar-refractivity contribution >= 4 is 17.6 Å². The molecule has 2 heterocycles. The van der Waals surface area contributed by atoms with E-state index in [1.165, 1.54) is 0 Å². The van der Waals surface area contributed by atoms with Crippen molar-refractivity contribution in [3.05, 3.63) is 83.9 Å². The Morgan fingerprint density at radius 2 is 1.61 bits per heavy atom. The molecular weight excluding hydrogens is 418 g/mol. The Morgan fingerprint density at radius 3 is 2.45 bits per heavy atom. The third-order valence-electron chi connectivity index (χ3n) is 5.43. The van der Waals surface area contributed by atoms with Crippen molar-refractivity contribution < 1.29 is 19.0 Å². The number of amides is 1. The zero-order valence-electron chi connectivity index (χ0n) is 18.2. The number of carbonyl (C=O) groups is 1. The van der Waals surface area contributed by atoms with Crippen LogP contribution < -0.4 is 19.5 Å². The van der Waals surface area contributed by atoms with Crippen molar-refractivity contribution in [2.24, 2.45) is 4.99 Å². The molecule has 1 saturated heterocycles. The summed E-state index contributed by atoms with van der Waals surface area (Å²) in [5.74, 6) is 2.85. The second-order valence-corrected chi connectivity index (χ2v) is 7.90. The van der Waals surface area contributed by atoms with Gasteiger partial charge in [0.25, 0.3) is 0 Å². The first-order valence-corrected chi connectivity index (χ1v) is 11.0. The Morgan fingerprint density at radius 1 is 0.848 bits per heavy atom. The summed E-state index contributed by atoms with van der Waals surface area (Å²) in [6.07, 6.45) is 0.733. The van der Waals surface area contributed by atoms with Gasteiger partial charge in [0.05, 0.1) is 18.9 Å². The number of carbonyl (C=O) groups excluding carboxylic acids is 1. The fourth-order valence-corrected chi connectivity index (χ4v) is 3.78. The molecule has 0 unspecified atom stereocenters. The van der Waals surface area contributed by atoms with Gasteiger partial charge in [0.15, 0.2) is 11.5 Å². The van der Waals surface area contributed by atoms with Crippen molar-refractivity contribution in [2.45, 2.75) is 19.6 Å². The topological polar surface area (TPSA) is 72.4 Å². The predicted molar refractivity (Wildman–Crippen MR) is 125 cm³/mol. The molecule has 0 saturated carbocycles. The molecule has 33 heavy (non-hydrogen) atoms. The van der Waals surface area contributed by atoms with E-state index in [1.807, 2.05) is 77.7 Å². The molecule has 0 aliphatic carbocycles. The number of benzene rings is 3. The number of aliphatic imine (C=N–C) groups is 1. The Labute approximate surface area is 192 Å². The van der Waals surface area contributed by atoms with Crippen LogP contribution in [0.25, 0.3) is 0 Å². The van der Waals surface area contributed by atoms with Crippen LogP contribution in [0, 0.1) is 0 Å². The number of nitrogens with zero attached hydrogens (tertiary/aromatic N) is 2. The molecular formula is C26H25N3O4. The number of fused-ring (bicyclic) bond motifs is 2. The predicted octanol–water partition coefficient (Wildman–Crippen LogP) is 4.05. The highest BCUT2D eigenvalue weighted by Gasteiger charge is 2.29. The summed E-state index contributed by atoms with van der Waals surface area (Å²) in [5, 5.41) is 2.78. The van der Waals surface area contributed by atoms with Crippen LogP contribution in [0.1, 0.15) is 17.5 Å². The van der Waals surface area contributed by atoms with Crippen LogP contribution in [-0.2, 0) is 17.9 Å². The normalized spacial score (nSPS) is 14.1. The number of rotatable bonds is 9. The SMILES string of the molecule is O=C1CN2Cc3cc(OCCCOc4ccccc4OCc4ccccc4)ccc3N=C2N1. The summed E-state index contributed by atoms with van der Waals surface area (Å²) < 4.78 is 17.8. The third kappa shape index (κ3) is 5.09. The maximum absolute atomic E-state index is 11.6. The van der Waals surface area contributed by atoms with Gasteiger partial charge < -0.3 is 19.1 Å². The highest BCUT2D eigenvalue weighted by Crippen LogP contribution is 2.31. The maximum atomic E-state index is 11.6. The molecule has 0 radical (unpaired) electrons. The Hall–Kier alpha value is -4.00. The second kappa shape index (κ2) is 9.65. The van der Waals surface area contributed by atoms with Crippen LogP contribution in [-0.4, -0.2) is 36.5 Å². The summed E-state index contributed by atoms with van der Waals surface area (Å²) in [7, 11) is 0. The maximum Gasteiger partial charge on any atom is 0.246 e. The van der Waals surface area contributed by atoms with Crippen molar-refractivity contribution in [3.8, 4) is 17.2 Å². The van der Waals surface area contributed by atoms with Gasteiger partial charge in [0.2, 0.25) is 11.9 Å². The van der Waals surface area contributed by atoms with E-state index in [4.69, 9.17) is 14.2 Å². The summed E-state index contributed by atoms with van der Waals surface area (Å²) in [4.78, 5) is 18.0. The first-order chi connectivity index (χ1) is 16.2. The monoisotopic (exact) mass is 443 g/mol. The molecule has 7 heteroatoms. The number of hydrogen-bond acceptors (Lipinski definition) is 6. The molecule has 7 nitrogen and oxygen atoms in total. The van der Waals surface area contributed by atoms with Gasteiger partial charge in [-0.3, -0.25) is 10.1 Å². The molecule has 0 bridgehead atoms. The van der Waals surface area contributed by atoms with Gasteiger partial charge in [0.1, 0.15) is 18.9 Å². The second-order valence-electron chi connectivity index (χ2n) is 7.90. The average molecular weight is 444 g/mol. The van der Waals surface area contributed by atoms with Gasteiger partial charge in [-0.25, -0.2) is 4.99 Å². The van der Waals surface area contributed by atoms with E-state index in [9.17, 15) is 4.79 Å². The molecule has 0 atom stereocenters. The molecule has 1 amide bonds. The minimum Gasteiger partial charge on any atom is -0.493 e. The van der Waals surface area contributed by atoms with Crippen molar-refractivity contribution in [3.63, 3.8) is 0 Å². The van der Waals surface area contributed by atoms with Crippen LogP contribution in [0.2, 0.25) is 0 Å². The Bertz CT molecular complexity index is 1160. The first kappa shape index (κ1) is 20.9. The summed E-state index contributed by atoms with van der Waals surface area (Å²) >= 11 is 0. The van der Waals surface area contributed by atoms with Gasteiger partial charge in [0, 0.05) is 18.5 Å². The summed E-state index contributed by atoms with van der Waals surface area (Å²) in [6.45, 7) is 2.54. The van der Waals surface area contributed by atoms with Crippen LogP contribution in [0.4, 0.5) is 5.69 Å². The smallest absolute Gasteiger partial charge is 0.246 e. The molecule has 3 aromatic carbocycles. The number of guanidine groups is 1. The molecule has 3 aromatic rings. The molecule has 2 aliphatic rings. The van der Waals surface area contributed by atoms with Gasteiger partial charge in [-0.1, -0.05) is 42.5 Å². The first-order valence-electron chi connectivity index (χ1n) is 11.0.